The fraction of sp³-hybridized carbons (Fsp3) is 1.00. The molecule has 13 nitrogen and oxygen atoms in total. The second-order valence-corrected chi connectivity index (χ2v) is 7.52. The lowest BCUT2D eigenvalue weighted by Crippen LogP contribution is -2.62. The molecule has 1 fully saturated rings. The Balaban J connectivity index is 3.06. The van der Waals surface area contributed by atoms with Crippen molar-refractivity contribution >= 4 is 0 Å². The third-order valence-corrected chi connectivity index (χ3v) is 4.88. The Labute approximate surface area is 196 Å². The van der Waals surface area contributed by atoms with Gasteiger partial charge in [-0.3, -0.25) is 0 Å². The van der Waals surface area contributed by atoms with E-state index in [9.17, 15) is 0 Å². The highest BCUT2D eigenvalue weighted by Crippen LogP contribution is 2.29. The molecule has 1 saturated heterocycles. The second kappa shape index (κ2) is 20.3. The number of nitrogens with two attached hydrogens (primary N) is 4. The first-order valence-corrected chi connectivity index (χ1v) is 11.7. The van der Waals surface area contributed by atoms with E-state index in [0.717, 1.165) is 6.42 Å². The molecule has 1 heterocycles. The van der Waals surface area contributed by atoms with Gasteiger partial charge in [0.2, 0.25) is 0 Å². The molecular formula is C20H43N7O6. The minimum Gasteiger partial charge on any atom is -0.379 e. The topological polar surface area (TPSA) is 208 Å². The average molecular weight is 478 g/mol. The number of ether oxygens (including phenoxy) is 6. The molecule has 0 radical (unpaired) electrons. The molecule has 1 aliphatic heterocycles. The summed E-state index contributed by atoms with van der Waals surface area (Å²) in [6.07, 6.45) is 0.00364. The zero-order chi connectivity index (χ0) is 24.2. The molecule has 1 rings (SSSR count). The molecule has 33 heavy (non-hydrogen) atoms. The lowest BCUT2D eigenvalue weighted by molar-refractivity contribution is -0.323. The standard InChI is InChI=1S/C20H43N7O6/c21-5-1-10-28-15-16-17(29-11-2-6-22)18(30-12-3-7-23)19(31-13-4-8-24)20(33-16)32-14-9-26-27-25/h16-20H,1-15,21-24H2/t16-,17-,18+,19+,20+/m1/s1. The van der Waals surface area contributed by atoms with Gasteiger partial charge in [-0.25, -0.2) is 0 Å². The first-order valence-electron chi connectivity index (χ1n) is 11.7. The monoisotopic (exact) mass is 477 g/mol. The van der Waals surface area contributed by atoms with Crippen LogP contribution < -0.4 is 22.9 Å². The first-order chi connectivity index (χ1) is 16.2. The Morgan fingerprint density at radius 2 is 1.24 bits per heavy atom. The highest BCUT2D eigenvalue weighted by Gasteiger charge is 2.48. The van der Waals surface area contributed by atoms with Gasteiger partial charge >= 0.3 is 0 Å². The summed E-state index contributed by atoms with van der Waals surface area (Å²) in [6, 6.07) is 0. The second-order valence-electron chi connectivity index (χ2n) is 7.52. The van der Waals surface area contributed by atoms with Crippen LogP contribution in [0.1, 0.15) is 25.7 Å². The molecule has 0 aromatic heterocycles. The molecule has 13 heteroatoms. The normalized spacial score (nSPS) is 25.2. The van der Waals surface area contributed by atoms with Gasteiger partial charge in [0, 0.05) is 37.9 Å². The lowest BCUT2D eigenvalue weighted by atomic mass is 9.98. The Morgan fingerprint density at radius 1 is 0.697 bits per heavy atom. The summed E-state index contributed by atoms with van der Waals surface area (Å²) in [4.78, 5) is 2.75. The van der Waals surface area contributed by atoms with Crippen LogP contribution in [0, 0.1) is 0 Å². The molecule has 194 valence electrons. The maximum absolute atomic E-state index is 8.54. The zero-order valence-corrected chi connectivity index (χ0v) is 19.6. The van der Waals surface area contributed by atoms with Gasteiger partial charge in [0.05, 0.1) is 13.2 Å². The summed E-state index contributed by atoms with van der Waals surface area (Å²) < 4.78 is 36.4. The molecule has 0 aromatic rings. The van der Waals surface area contributed by atoms with E-state index >= 15 is 0 Å². The number of azide groups is 1. The van der Waals surface area contributed by atoms with Crippen LogP contribution in [0.15, 0.2) is 5.11 Å². The van der Waals surface area contributed by atoms with Crippen LogP contribution in [-0.2, 0) is 28.4 Å². The summed E-state index contributed by atoms with van der Waals surface area (Å²) >= 11 is 0. The van der Waals surface area contributed by atoms with Gasteiger partial charge in [-0.2, -0.15) is 0 Å². The Bertz CT molecular complexity index is 515. The van der Waals surface area contributed by atoms with Crippen molar-refractivity contribution in [2.45, 2.75) is 56.4 Å². The predicted molar refractivity (Wildman–Crippen MR) is 123 cm³/mol. The van der Waals surface area contributed by atoms with Crippen molar-refractivity contribution in [2.75, 3.05) is 72.4 Å². The van der Waals surface area contributed by atoms with Gasteiger partial charge in [-0.1, -0.05) is 5.11 Å². The largest absolute Gasteiger partial charge is 0.379 e. The van der Waals surface area contributed by atoms with E-state index in [1.807, 2.05) is 0 Å². The highest BCUT2D eigenvalue weighted by molar-refractivity contribution is 4.93. The number of hydrogen-bond donors (Lipinski definition) is 4. The Hall–Kier alpha value is -1.09. The molecule has 0 aliphatic carbocycles. The molecule has 0 unspecified atom stereocenters. The molecule has 0 saturated carbocycles. The first kappa shape index (κ1) is 29.9. The summed E-state index contributed by atoms with van der Waals surface area (Å²) in [6.45, 7) is 4.42. The van der Waals surface area contributed by atoms with Crippen molar-refractivity contribution in [1.29, 1.82) is 0 Å². The van der Waals surface area contributed by atoms with E-state index in [0.29, 0.717) is 71.9 Å². The van der Waals surface area contributed by atoms with Crippen LogP contribution in [0.2, 0.25) is 0 Å². The van der Waals surface area contributed by atoms with Crippen LogP contribution in [0.5, 0.6) is 0 Å². The van der Waals surface area contributed by atoms with E-state index in [4.69, 9.17) is 56.9 Å². The van der Waals surface area contributed by atoms with Crippen LogP contribution in [0.4, 0.5) is 0 Å². The SMILES string of the molecule is [N-]=[N+]=NCCO[C@H]1O[C@H](COCCCN)[C@@H](OCCCN)[C@H](OCCCN)[C@@H]1OCCCN. The van der Waals surface area contributed by atoms with Crippen LogP contribution in [0.25, 0.3) is 10.4 Å². The fourth-order valence-electron chi connectivity index (χ4n) is 3.26. The van der Waals surface area contributed by atoms with Crippen molar-refractivity contribution in [3.63, 3.8) is 0 Å². The van der Waals surface area contributed by atoms with Crippen molar-refractivity contribution in [1.82, 2.24) is 0 Å². The number of rotatable bonds is 21. The molecular weight excluding hydrogens is 434 g/mol. The maximum Gasteiger partial charge on any atom is 0.186 e. The van der Waals surface area contributed by atoms with Gasteiger partial charge in [0.25, 0.3) is 0 Å². The predicted octanol–water partition coefficient (Wildman–Crippen LogP) is -0.394. The molecule has 5 atom stereocenters. The zero-order valence-electron chi connectivity index (χ0n) is 19.6. The Kier molecular flexibility index (Phi) is 18.4. The molecule has 0 spiro atoms. The average Bonchev–Trinajstić information content (AvgIpc) is 2.82. The van der Waals surface area contributed by atoms with Crippen LogP contribution in [0.3, 0.4) is 0 Å². The van der Waals surface area contributed by atoms with Crippen molar-refractivity contribution in [2.24, 2.45) is 28.0 Å². The highest BCUT2D eigenvalue weighted by atomic mass is 16.7. The smallest absolute Gasteiger partial charge is 0.186 e. The minimum atomic E-state index is -0.767. The number of hydrogen-bond acceptors (Lipinski definition) is 11. The summed E-state index contributed by atoms with van der Waals surface area (Å²) in [5.74, 6) is 0. The quantitative estimate of drug-likeness (QED) is 0.0727. The maximum atomic E-state index is 8.54. The van der Waals surface area contributed by atoms with Gasteiger partial charge in [0.15, 0.2) is 6.29 Å². The van der Waals surface area contributed by atoms with E-state index in [-0.39, 0.29) is 19.8 Å². The van der Waals surface area contributed by atoms with Gasteiger partial charge in [-0.15, -0.1) is 0 Å². The third kappa shape index (κ3) is 12.3. The molecule has 8 N–H and O–H groups in total. The van der Waals surface area contributed by atoms with Crippen molar-refractivity contribution < 1.29 is 28.4 Å². The number of nitrogens with zero attached hydrogens (tertiary/aromatic N) is 3. The van der Waals surface area contributed by atoms with E-state index in [1.165, 1.54) is 0 Å². The molecule has 0 aromatic carbocycles. The third-order valence-electron chi connectivity index (χ3n) is 4.88. The summed E-state index contributed by atoms with van der Waals surface area (Å²) in [5.41, 5.74) is 31.1. The van der Waals surface area contributed by atoms with E-state index in [2.05, 4.69) is 10.0 Å². The van der Waals surface area contributed by atoms with Crippen molar-refractivity contribution in [3.8, 4) is 0 Å². The van der Waals surface area contributed by atoms with Gasteiger partial charge in [-0.05, 0) is 57.4 Å². The molecule has 1 aliphatic rings. The van der Waals surface area contributed by atoms with Crippen LogP contribution in [-0.4, -0.2) is 103 Å². The summed E-state index contributed by atoms with van der Waals surface area (Å²) in [7, 11) is 0. The Morgan fingerprint density at radius 3 is 1.82 bits per heavy atom. The summed E-state index contributed by atoms with van der Waals surface area (Å²) in [5, 5.41) is 3.51. The van der Waals surface area contributed by atoms with Gasteiger partial charge in [0.1, 0.15) is 24.4 Å². The minimum absolute atomic E-state index is 0.165. The van der Waals surface area contributed by atoms with E-state index in [1.54, 1.807) is 0 Å². The van der Waals surface area contributed by atoms with Crippen molar-refractivity contribution in [3.05, 3.63) is 10.4 Å². The lowest BCUT2D eigenvalue weighted by Gasteiger charge is -2.46. The van der Waals surface area contributed by atoms with E-state index < -0.39 is 30.7 Å². The molecule has 0 bridgehead atoms. The molecule has 0 amide bonds. The fourth-order valence-corrected chi connectivity index (χ4v) is 3.26. The van der Waals surface area contributed by atoms with Gasteiger partial charge < -0.3 is 51.4 Å². The van der Waals surface area contributed by atoms with Crippen LogP contribution >= 0.6 is 0 Å².